The van der Waals surface area contributed by atoms with E-state index in [-0.39, 0.29) is 11.3 Å². The van der Waals surface area contributed by atoms with Crippen LogP contribution in [0.15, 0.2) is 63.5 Å². The molecular formula is C23H13Br2ClF3NO2. The molecule has 0 aromatic heterocycles. The number of hydrogen-bond donors (Lipinski definition) is 1. The second kappa shape index (κ2) is 8.92. The van der Waals surface area contributed by atoms with Gasteiger partial charge in [0.25, 0.3) is 5.91 Å². The number of hydrogen-bond acceptors (Lipinski definition) is 2. The Bertz CT molecular complexity index is 1220. The fourth-order valence-electron chi connectivity index (χ4n) is 3.22. The largest absolute Gasteiger partial charge is 0.487 e. The lowest BCUT2D eigenvalue weighted by molar-refractivity contribution is -0.137. The molecule has 1 aliphatic heterocycles. The number of carbonyl (C=O) groups excluding carboxylic acids is 1. The molecule has 0 radical (unpaired) electrons. The predicted molar refractivity (Wildman–Crippen MR) is 126 cm³/mol. The van der Waals surface area contributed by atoms with E-state index in [1.807, 2.05) is 12.1 Å². The van der Waals surface area contributed by atoms with E-state index in [2.05, 4.69) is 37.2 Å². The molecule has 1 heterocycles. The highest BCUT2D eigenvalue weighted by molar-refractivity contribution is 9.11. The van der Waals surface area contributed by atoms with E-state index in [1.54, 1.807) is 30.3 Å². The van der Waals surface area contributed by atoms with E-state index in [1.165, 1.54) is 6.07 Å². The number of carbonyl (C=O) groups is 1. The summed E-state index contributed by atoms with van der Waals surface area (Å²) in [6.45, 7) is 0.326. The topological polar surface area (TPSA) is 38.3 Å². The molecular weight excluding hydrogens is 575 g/mol. The number of nitrogens with one attached hydrogen (secondary N) is 1. The van der Waals surface area contributed by atoms with Gasteiger partial charge in [0.1, 0.15) is 12.4 Å². The summed E-state index contributed by atoms with van der Waals surface area (Å²) < 4.78 is 46.1. The van der Waals surface area contributed by atoms with Crippen molar-refractivity contribution in [2.75, 3.05) is 5.32 Å². The number of ether oxygens (including phenoxy) is 1. The molecule has 32 heavy (non-hydrogen) atoms. The third-order valence-corrected chi connectivity index (χ3v) is 6.19. The van der Waals surface area contributed by atoms with Crippen molar-refractivity contribution < 1.29 is 22.7 Å². The summed E-state index contributed by atoms with van der Waals surface area (Å²) in [6, 6.07) is 14.0. The van der Waals surface area contributed by atoms with Gasteiger partial charge in [-0.1, -0.05) is 29.8 Å². The summed E-state index contributed by atoms with van der Waals surface area (Å²) in [5.41, 5.74) is 1.63. The average molecular weight is 588 g/mol. The maximum absolute atomic E-state index is 13.0. The zero-order chi connectivity index (χ0) is 23.0. The van der Waals surface area contributed by atoms with Crippen molar-refractivity contribution in [3.8, 4) is 5.75 Å². The molecule has 0 saturated carbocycles. The summed E-state index contributed by atoms with van der Waals surface area (Å²) >= 11 is 12.9. The van der Waals surface area contributed by atoms with Crippen molar-refractivity contribution in [1.29, 1.82) is 0 Å². The molecule has 1 aliphatic rings. The summed E-state index contributed by atoms with van der Waals surface area (Å²) in [7, 11) is 0. The number of anilines is 1. The monoisotopic (exact) mass is 585 g/mol. The SMILES string of the molecule is O=C1Nc2cc(C(F)(F)F)ccc2/C1=C/c1cc(Br)c(OCc2ccc(Cl)cc2)c(Br)c1. The number of fused-ring (bicyclic) bond motifs is 1. The molecule has 0 bridgehead atoms. The molecule has 164 valence electrons. The molecule has 0 fully saturated rings. The van der Waals surface area contributed by atoms with Crippen LogP contribution in [-0.2, 0) is 17.6 Å². The molecule has 0 aliphatic carbocycles. The Morgan fingerprint density at radius 3 is 2.28 bits per heavy atom. The first-order valence-corrected chi connectivity index (χ1v) is 11.2. The van der Waals surface area contributed by atoms with Crippen LogP contribution in [0.2, 0.25) is 5.02 Å². The zero-order valence-electron chi connectivity index (χ0n) is 16.1. The number of benzene rings is 3. The molecule has 9 heteroatoms. The van der Waals surface area contributed by atoms with Gasteiger partial charge in [-0.25, -0.2) is 0 Å². The standard InChI is InChI=1S/C23H13Br2ClF3NO2/c24-18-8-13(9-19(25)21(18)32-11-12-1-4-15(26)5-2-12)7-17-16-6-3-14(23(27,28)29)10-20(16)30-22(17)31/h1-10H,11H2,(H,30,31)/b17-7-. The van der Waals surface area contributed by atoms with Crippen LogP contribution in [0.25, 0.3) is 11.6 Å². The van der Waals surface area contributed by atoms with Crippen molar-refractivity contribution in [3.63, 3.8) is 0 Å². The van der Waals surface area contributed by atoms with Crippen molar-refractivity contribution in [2.24, 2.45) is 0 Å². The normalized spacial score (nSPS) is 14.4. The highest BCUT2D eigenvalue weighted by Gasteiger charge is 2.33. The van der Waals surface area contributed by atoms with Gasteiger partial charge in [0.05, 0.1) is 14.5 Å². The molecule has 0 saturated heterocycles. The van der Waals surface area contributed by atoms with E-state index < -0.39 is 17.6 Å². The lowest BCUT2D eigenvalue weighted by Crippen LogP contribution is -2.06. The minimum atomic E-state index is -4.48. The molecule has 1 amide bonds. The van der Waals surface area contributed by atoms with Gasteiger partial charge in [-0.15, -0.1) is 0 Å². The van der Waals surface area contributed by atoms with Crippen LogP contribution in [-0.4, -0.2) is 5.91 Å². The fraction of sp³-hybridized carbons (Fsp3) is 0.0870. The lowest BCUT2D eigenvalue weighted by atomic mass is 10.0. The lowest BCUT2D eigenvalue weighted by Gasteiger charge is -2.12. The van der Waals surface area contributed by atoms with Crippen LogP contribution in [0.4, 0.5) is 18.9 Å². The van der Waals surface area contributed by atoms with Crippen LogP contribution in [0.1, 0.15) is 22.3 Å². The van der Waals surface area contributed by atoms with Crippen LogP contribution >= 0.6 is 43.5 Å². The third-order valence-electron chi connectivity index (χ3n) is 4.76. The highest BCUT2D eigenvalue weighted by atomic mass is 79.9. The van der Waals surface area contributed by atoms with Crippen molar-refractivity contribution in [2.45, 2.75) is 12.8 Å². The Morgan fingerprint density at radius 1 is 1.00 bits per heavy atom. The van der Waals surface area contributed by atoms with Gasteiger partial charge in [0.15, 0.2) is 0 Å². The minimum absolute atomic E-state index is 0.136. The van der Waals surface area contributed by atoms with Crippen LogP contribution in [0, 0.1) is 0 Å². The molecule has 3 aromatic carbocycles. The minimum Gasteiger partial charge on any atom is -0.487 e. The summed E-state index contributed by atoms with van der Waals surface area (Å²) in [5.74, 6) is 0.114. The van der Waals surface area contributed by atoms with Gasteiger partial charge in [0.2, 0.25) is 0 Å². The Balaban J connectivity index is 1.60. The third kappa shape index (κ3) is 4.87. The van der Waals surface area contributed by atoms with Crippen LogP contribution < -0.4 is 10.1 Å². The second-order valence-electron chi connectivity index (χ2n) is 7.00. The van der Waals surface area contributed by atoms with E-state index >= 15 is 0 Å². The van der Waals surface area contributed by atoms with E-state index in [4.69, 9.17) is 16.3 Å². The van der Waals surface area contributed by atoms with Crippen LogP contribution in [0.5, 0.6) is 5.75 Å². The van der Waals surface area contributed by atoms with Gasteiger partial charge in [0, 0.05) is 21.8 Å². The molecule has 3 aromatic rings. The molecule has 0 unspecified atom stereocenters. The van der Waals surface area contributed by atoms with Crippen LogP contribution in [0.3, 0.4) is 0 Å². The van der Waals surface area contributed by atoms with Gasteiger partial charge in [-0.2, -0.15) is 13.2 Å². The summed E-state index contributed by atoms with van der Waals surface area (Å²) in [5, 5.41) is 3.14. The first kappa shape index (κ1) is 22.9. The molecule has 0 atom stereocenters. The average Bonchev–Trinajstić information content (AvgIpc) is 3.02. The summed E-state index contributed by atoms with van der Waals surface area (Å²) in [4.78, 5) is 12.4. The van der Waals surface area contributed by atoms with E-state index in [0.29, 0.717) is 37.5 Å². The van der Waals surface area contributed by atoms with Gasteiger partial charge < -0.3 is 10.1 Å². The Hall–Kier alpha value is -2.29. The van der Waals surface area contributed by atoms with Gasteiger partial charge >= 0.3 is 6.18 Å². The van der Waals surface area contributed by atoms with Crippen molar-refractivity contribution in [3.05, 3.63) is 90.8 Å². The fourth-order valence-corrected chi connectivity index (χ4v) is 4.79. The zero-order valence-corrected chi connectivity index (χ0v) is 20.0. The number of amides is 1. The first-order valence-electron chi connectivity index (χ1n) is 9.23. The number of halogens is 6. The molecule has 3 nitrogen and oxygen atoms in total. The highest BCUT2D eigenvalue weighted by Crippen LogP contribution is 2.40. The quantitative estimate of drug-likeness (QED) is 0.315. The van der Waals surface area contributed by atoms with Crippen molar-refractivity contribution >= 4 is 66.7 Å². The Labute approximate surface area is 203 Å². The Morgan fingerprint density at radius 2 is 1.66 bits per heavy atom. The van der Waals surface area contributed by atoms with E-state index in [0.717, 1.165) is 17.7 Å². The second-order valence-corrected chi connectivity index (χ2v) is 9.14. The molecule has 1 N–H and O–H groups in total. The summed E-state index contributed by atoms with van der Waals surface area (Å²) in [6.07, 6.45) is -2.86. The van der Waals surface area contributed by atoms with Crippen molar-refractivity contribution in [1.82, 2.24) is 0 Å². The smallest absolute Gasteiger partial charge is 0.416 e. The molecule has 4 rings (SSSR count). The van der Waals surface area contributed by atoms with E-state index in [9.17, 15) is 18.0 Å². The number of rotatable bonds is 4. The number of alkyl halides is 3. The maximum Gasteiger partial charge on any atom is 0.416 e. The Kier molecular flexibility index (Phi) is 6.38. The molecule has 0 spiro atoms. The first-order chi connectivity index (χ1) is 15.1. The maximum atomic E-state index is 13.0. The van der Waals surface area contributed by atoms with Gasteiger partial charge in [-0.05, 0) is 85.5 Å². The van der Waals surface area contributed by atoms with Gasteiger partial charge in [-0.3, -0.25) is 4.79 Å². The predicted octanol–water partition coefficient (Wildman–Crippen LogP) is 7.96.